The van der Waals surface area contributed by atoms with Gasteiger partial charge >= 0.3 is 6.61 Å². The smallest absolute Gasteiger partial charge is 0.387 e. The van der Waals surface area contributed by atoms with Gasteiger partial charge in [-0.15, -0.1) is 0 Å². The lowest BCUT2D eigenvalue weighted by Crippen LogP contribution is -2.06. The van der Waals surface area contributed by atoms with Crippen LogP contribution in [0.1, 0.15) is 18.6 Å². The number of hydrogen-bond acceptors (Lipinski definition) is 2. The number of hydrogen-bond donors (Lipinski definition) is 1. The molecule has 0 spiro atoms. The first-order valence-corrected chi connectivity index (χ1v) is 3.93. The molecule has 1 rings (SSSR count). The van der Waals surface area contributed by atoms with Crippen LogP contribution >= 0.6 is 0 Å². The van der Waals surface area contributed by atoms with Crippen molar-refractivity contribution in [2.75, 3.05) is 0 Å². The van der Waals surface area contributed by atoms with Crippen LogP contribution in [0.15, 0.2) is 18.2 Å². The van der Waals surface area contributed by atoms with Crippen LogP contribution in [0.2, 0.25) is 0 Å². The van der Waals surface area contributed by atoms with Gasteiger partial charge in [0.1, 0.15) is 11.6 Å². The van der Waals surface area contributed by atoms with Crippen LogP contribution in [-0.4, -0.2) is 11.7 Å². The van der Waals surface area contributed by atoms with Gasteiger partial charge in [-0.1, -0.05) is 0 Å². The summed E-state index contributed by atoms with van der Waals surface area (Å²) in [7, 11) is 0. The summed E-state index contributed by atoms with van der Waals surface area (Å²) in [5.41, 5.74) is 0.131. The summed E-state index contributed by atoms with van der Waals surface area (Å²) < 4.78 is 40.4. The average Bonchev–Trinajstić information content (AvgIpc) is 2.01. The summed E-state index contributed by atoms with van der Waals surface area (Å²) in [6.07, 6.45) is -0.982. The first-order valence-electron chi connectivity index (χ1n) is 3.93. The third-order valence-electron chi connectivity index (χ3n) is 1.64. The Kier molecular flexibility index (Phi) is 3.35. The molecule has 0 aliphatic carbocycles. The van der Waals surface area contributed by atoms with Crippen molar-refractivity contribution in [2.45, 2.75) is 19.6 Å². The fourth-order valence-corrected chi connectivity index (χ4v) is 1.05. The van der Waals surface area contributed by atoms with Crippen molar-refractivity contribution in [1.82, 2.24) is 0 Å². The van der Waals surface area contributed by atoms with Crippen molar-refractivity contribution in [3.63, 3.8) is 0 Å². The van der Waals surface area contributed by atoms with Crippen molar-refractivity contribution in [1.29, 1.82) is 0 Å². The second-order valence-electron chi connectivity index (χ2n) is 2.74. The summed E-state index contributed by atoms with van der Waals surface area (Å²) in [4.78, 5) is 0. The van der Waals surface area contributed by atoms with Gasteiger partial charge in [0.2, 0.25) is 0 Å². The first kappa shape index (κ1) is 10.8. The zero-order chi connectivity index (χ0) is 10.7. The normalized spacial score (nSPS) is 13.0. The van der Waals surface area contributed by atoms with Crippen molar-refractivity contribution >= 4 is 0 Å². The van der Waals surface area contributed by atoms with E-state index in [1.807, 2.05) is 0 Å². The third kappa shape index (κ3) is 2.63. The van der Waals surface area contributed by atoms with E-state index in [1.165, 1.54) is 13.0 Å². The number of aliphatic hydroxyl groups is 1. The Hall–Kier alpha value is -1.23. The van der Waals surface area contributed by atoms with E-state index < -0.39 is 18.5 Å². The van der Waals surface area contributed by atoms with Crippen LogP contribution in [0.3, 0.4) is 0 Å². The van der Waals surface area contributed by atoms with Crippen molar-refractivity contribution in [2.24, 2.45) is 0 Å². The largest absolute Gasteiger partial charge is 0.434 e. The van der Waals surface area contributed by atoms with E-state index in [0.29, 0.717) is 0 Å². The molecule has 14 heavy (non-hydrogen) atoms. The Balaban J connectivity index is 3.03. The molecule has 0 radical (unpaired) electrons. The molecular formula is C9H9F3O2. The molecule has 0 amide bonds. The second-order valence-corrected chi connectivity index (χ2v) is 2.74. The van der Waals surface area contributed by atoms with Gasteiger partial charge in [0.05, 0.1) is 6.10 Å². The van der Waals surface area contributed by atoms with Gasteiger partial charge in [-0.25, -0.2) is 4.39 Å². The van der Waals surface area contributed by atoms with Crippen LogP contribution < -0.4 is 4.74 Å². The second kappa shape index (κ2) is 4.32. The SMILES string of the molecule is C[C@H](O)c1ccc(F)cc1OC(F)F. The Morgan fingerprint density at radius 3 is 2.50 bits per heavy atom. The van der Waals surface area contributed by atoms with E-state index in [-0.39, 0.29) is 11.3 Å². The quantitative estimate of drug-likeness (QED) is 0.823. The maximum atomic E-state index is 12.7. The highest BCUT2D eigenvalue weighted by molar-refractivity contribution is 5.35. The van der Waals surface area contributed by atoms with Crippen molar-refractivity contribution in [3.8, 4) is 5.75 Å². The predicted octanol–water partition coefficient (Wildman–Crippen LogP) is 2.48. The van der Waals surface area contributed by atoms with Crippen LogP contribution in [0, 0.1) is 5.82 Å². The van der Waals surface area contributed by atoms with Crippen molar-refractivity contribution < 1.29 is 23.0 Å². The minimum atomic E-state index is -3.03. The molecule has 1 atom stereocenters. The maximum Gasteiger partial charge on any atom is 0.387 e. The molecule has 0 bridgehead atoms. The lowest BCUT2D eigenvalue weighted by atomic mass is 10.1. The molecule has 0 aliphatic rings. The fraction of sp³-hybridized carbons (Fsp3) is 0.333. The van der Waals surface area contributed by atoms with E-state index in [1.54, 1.807) is 0 Å². The molecule has 0 heterocycles. The van der Waals surface area contributed by atoms with Crippen LogP contribution in [0.5, 0.6) is 5.75 Å². The lowest BCUT2D eigenvalue weighted by Gasteiger charge is -2.12. The predicted molar refractivity (Wildman–Crippen MR) is 43.7 cm³/mol. The standard InChI is InChI=1S/C9H9F3O2/c1-5(13)7-3-2-6(10)4-8(7)14-9(11)12/h2-5,9,13H,1H3/t5-/m0/s1. The number of halogens is 3. The number of alkyl halides is 2. The van der Waals surface area contributed by atoms with Gasteiger partial charge in [0.25, 0.3) is 0 Å². The molecule has 1 N–H and O–H groups in total. The van der Waals surface area contributed by atoms with Gasteiger partial charge in [-0.05, 0) is 19.1 Å². The van der Waals surface area contributed by atoms with E-state index in [4.69, 9.17) is 5.11 Å². The molecule has 0 aliphatic heterocycles. The maximum absolute atomic E-state index is 12.7. The average molecular weight is 206 g/mol. The molecule has 1 aromatic rings. The molecule has 5 heteroatoms. The van der Waals surface area contributed by atoms with Crippen LogP contribution in [-0.2, 0) is 0 Å². The third-order valence-corrected chi connectivity index (χ3v) is 1.64. The minimum Gasteiger partial charge on any atom is -0.434 e. The molecule has 1 aromatic carbocycles. The molecule has 78 valence electrons. The molecule has 2 nitrogen and oxygen atoms in total. The summed E-state index contributed by atoms with van der Waals surface area (Å²) in [6, 6.07) is 3.09. The van der Waals surface area contributed by atoms with Gasteiger partial charge in [0, 0.05) is 11.6 Å². The van der Waals surface area contributed by atoms with Gasteiger partial charge < -0.3 is 9.84 Å². The zero-order valence-corrected chi connectivity index (χ0v) is 7.38. The summed E-state index contributed by atoms with van der Waals surface area (Å²) in [5.74, 6) is -1.03. The Morgan fingerprint density at radius 2 is 2.00 bits per heavy atom. The van der Waals surface area contributed by atoms with Crippen molar-refractivity contribution in [3.05, 3.63) is 29.6 Å². The summed E-state index contributed by atoms with van der Waals surface area (Å²) >= 11 is 0. The van der Waals surface area contributed by atoms with Crippen LogP contribution in [0.25, 0.3) is 0 Å². The fourth-order valence-electron chi connectivity index (χ4n) is 1.05. The summed E-state index contributed by atoms with van der Waals surface area (Å²) in [5, 5.41) is 9.16. The summed E-state index contributed by atoms with van der Waals surface area (Å²) in [6.45, 7) is -1.65. The highest BCUT2D eigenvalue weighted by atomic mass is 19.3. The number of benzene rings is 1. The van der Waals surface area contributed by atoms with E-state index >= 15 is 0 Å². The Morgan fingerprint density at radius 1 is 1.36 bits per heavy atom. The highest BCUT2D eigenvalue weighted by Crippen LogP contribution is 2.27. The highest BCUT2D eigenvalue weighted by Gasteiger charge is 2.13. The molecular weight excluding hydrogens is 197 g/mol. The molecule has 0 unspecified atom stereocenters. The topological polar surface area (TPSA) is 29.5 Å². The Bertz CT molecular complexity index is 313. The lowest BCUT2D eigenvalue weighted by molar-refractivity contribution is -0.0515. The van der Waals surface area contributed by atoms with Gasteiger partial charge in [0.15, 0.2) is 0 Å². The number of ether oxygens (including phenoxy) is 1. The monoisotopic (exact) mass is 206 g/mol. The molecule has 0 saturated heterocycles. The Labute approximate surface area is 78.9 Å². The van der Waals surface area contributed by atoms with Crippen LogP contribution in [0.4, 0.5) is 13.2 Å². The van der Waals surface area contributed by atoms with E-state index in [0.717, 1.165) is 12.1 Å². The van der Waals surface area contributed by atoms with Gasteiger partial charge in [-0.3, -0.25) is 0 Å². The minimum absolute atomic E-state index is 0.131. The molecule has 0 fully saturated rings. The molecule has 0 saturated carbocycles. The van der Waals surface area contributed by atoms with E-state index in [9.17, 15) is 13.2 Å². The number of aliphatic hydroxyl groups excluding tert-OH is 1. The number of rotatable bonds is 3. The van der Waals surface area contributed by atoms with Gasteiger partial charge in [-0.2, -0.15) is 8.78 Å². The molecule has 0 aromatic heterocycles. The van der Waals surface area contributed by atoms with E-state index in [2.05, 4.69) is 4.74 Å². The first-order chi connectivity index (χ1) is 6.50. The zero-order valence-electron chi connectivity index (χ0n) is 7.38.